The zero-order chi connectivity index (χ0) is 11.4. The summed E-state index contributed by atoms with van der Waals surface area (Å²) in [5, 5.41) is 9.08. The second-order valence-corrected chi connectivity index (χ2v) is 4.56. The van der Waals surface area contributed by atoms with Crippen molar-refractivity contribution in [2.75, 3.05) is 13.2 Å². The molecule has 3 N–H and O–H groups in total. The minimum absolute atomic E-state index is 0.221. The Morgan fingerprint density at radius 2 is 1.94 bits per heavy atom. The van der Waals surface area contributed by atoms with E-state index in [0.717, 1.165) is 25.9 Å². The number of benzene rings is 1. The van der Waals surface area contributed by atoms with Crippen LogP contribution < -0.4 is 5.73 Å². The van der Waals surface area contributed by atoms with Crippen molar-refractivity contribution in [2.24, 2.45) is 5.73 Å². The van der Waals surface area contributed by atoms with Gasteiger partial charge in [0.15, 0.2) is 0 Å². The van der Waals surface area contributed by atoms with E-state index < -0.39 is 0 Å². The number of aliphatic hydroxyl groups is 1. The van der Waals surface area contributed by atoms with Gasteiger partial charge in [-0.2, -0.15) is 0 Å². The number of aliphatic hydroxyl groups excluding tert-OH is 1. The number of nitrogens with zero attached hydrogens (tertiary/aromatic N) is 1. The normalized spacial score (nSPS) is 24.4. The van der Waals surface area contributed by atoms with Crippen LogP contribution in [-0.4, -0.2) is 35.2 Å². The highest BCUT2D eigenvalue weighted by Gasteiger charge is 2.30. The van der Waals surface area contributed by atoms with Crippen molar-refractivity contribution in [2.45, 2.75) is 31.5 Å². The highest BCUT2D eigenvalue weighted by Crippen LogP contribution is 2.25. The molecule has 0 amide bonds. The molecule has 0 radical (unpaired) electrons. The number of nitrogens with two attached hydrogens (primary N) is 1. The number of rotatable bonds is 5. The third-order valence-corrected chi connectivity index (χ3v) is 3.28. The molecule has 0 spiro atoms. The molecular formula is C13H20N2O. The van der Waals surface area contributed by atoms with Crippen molar-refractivity contribution in [1.82, 2.24) is 4.90 Å². The highest BCUT2D eigenvalue weighted by molar-refractivity contribution is 5.14. The van der Waals surface area contributed by atoms with Gasteiger partial charge in [-0.15, -0.1) is 0 Å². The van der Waals surface area contributed by atoms with Crippen LogP contribution in [0.1, 0.15) is 18.4 Å². The van der Waals surface area contributed by atoms with Crippen LogP contribution in [0.25, 0.3) is 0 Å². The van der Waals surface area contributed by atoms with E-state index in [4.69, 9.17) is 10.8 Å². The molecule has 0 heterocycles. The summed E-state index contributed by atoms with van der Waals surface area (Å²) in [5.74, 6) is 0. The minimum Gasteiger partial charge on any atom is -0.395 e. The van der Waals surface area contributed by atoms with Crippen LogP contribution in [0.5, 0.6) is 0 Å². The van der Waals surface area contributed by atoms with Gasteiger partial charge < -0.3 is 10.8 Å². The molecule has 1 aliphatic rings. The van der Waals surface area contributed by atoms with E-state index in [1.54, 1.807) is 0 Å². The third-order valence-electron chi connectivity index (χ3n) is 3.28. The Balaban J connectivity index is 1.92. The van der Waals surface area contributed by atoms with Crippen molar-refractivity contribution >= 4 is 0 Å². The number of hydrogen-bond acceptors (Lipinski definition) is 3. The van der Waals surface area contributed by atoms with Crippen molar-refractivity contribution in [1.29, 1.82) is 0 Å². The summed E-state index contributed by atoms with van der Waals surface area (Å²) in [6.07, 6.45) is 2.12. The molecule has 1 fully saturated rings. The first kappa shape index (κ1) is 11.6. The zero-order valence-electron chi connectivity index (χ0n) is 9.55. The van der Waals surface area contributed by atoms with E-state index in [2.05, 4.69) is 29.2 Å². The van der Waals surface area contributed by atoms with E-state index >= 15 is 0 Å². The summed E-state index contributed by atoms with van der Waals surface area (Å²) in [7, 11) is 0. The highest BCUT2D eigenvalue weighted by atomic mass is 16.3. The van der Waals surface area contributed by atoms with Gasteiger partial charge in [0.2, 0.25) is 0 Å². The lowest BCUT2D eigenvalue weighted by Crippen LogP contribution is -2.51. The quantitative estimate of drug-likeness (QED) is 0.777. The lowest BCUT2D eigenvalue weighted by Gasteiger charge is -2.41. The number of hydrogen-bond donors (Lipinski definition) is 2. The molecule has 3 heteroatoms. The predicted octanol–water partition coefficient (Wildman–Crippen LogP) is 0.971. The average molecular weight is 220 g/mol. The first-order chi connectivity index (χ1) is 7.79. The molecule has 3 nitrogen and oxygen atoms in total. The molecule has 0 saturated heterocycles. The van der Waals surface area contributed by atoms with Crippen LogP contribution in [0.15, 0.2) is 30.3 Å². The van der Waals surface area contributed by atoms with Gasteiger partial charge in [0, 0.05) is 25.2 Å². The minimum atomic E-state index is 0.221. The summed E-state index contributed by atoms with van der Waals surface area (Å²) in [5.41, 5.74) is 7.11. The Bertz CT molecular complexity index is 309. The van der Waals surface area contributed by atoms with Gasteiger partial charge in [0.05, 0.1) is 6.61 Å². The average Bonchev–Trinajstić information content (AvgIpc) is 2.26. The maximum atomic E-state index is 9.08. The fourth-order valence-corrected chi connectivity index (χ4v) is 2.27. The molecule has 16 heavy (non-hydrogen) atoms. The zero-order valence-corrected chi connectivity index (χ0v) is 9.55. The molecule has 0 unspecified atom stereocenters. The molecule has 0 atom stereocenters. The summed E-state index contributed by atoms with van der Waals surface area (Å²) < 4.78 is 0. The molecular weight excluding hydrogens is 200 g/mol. The first-order valence-corrected chi connectivity index (χ1v) is 5.94. The van der Waals surface area contributed by atoms with Crippen molar-refractivity contribution in [3.63, 3.8) is 0 Å². The summed E-state index contributed by atoms with van der Waals surface area (Å²) in [6.45, 7) is 1.88. The smallest absolute Gasteiger partial charge is 0.0558 e. The maximum absolute atomic E-state index is 9.08. The van der Waals surface area contributed by atoms with Crippen LogP contribution >= 0.6 is 0 Å². The largest absolute Gasteiger partial charge is 0.395 e. The van der Waals surface area contributed by atoms with E-state index in [0.29, 0.717) is 12.1 Å². The molecule has 0 aromatic heterocycles. The van der Waals surface area contributed by atoms with Gasteiger partial charge in [-0.1, -0.05) is 30.3 Å². The van der Waals surface area contributed by atoms with Gasteiger partial charge >= 0.3 is 0 Å². The molecule has 2 rings (SSSR count). The van der Waals surface area contributed by atoms with Crippen molar-refractivity contribution in [3.8, 4) is 0 Å². The van der Waals surface area contributed by atoms with Gasteiger partial charge in [-0.3, -0.25) is 4.90 Å². The summed E-state index contributed by atoms with van der Waals surface area (Å²) in [6, 6.07) is 11.3. The van der Waals surface area contributed by atoms with Crippen LogP contribution in [0, 0.1) is 0 Å². The summed E-state index contributed by atoms with van der Waals surface area (Å²) >= 11 is 0. The van der Waals surface area contributed by atoms with Crippen molar-refractivity contribution < 1.29 is 5.11 Å². The molecule has 1 saturated carbocycles. The summed E-state index contributed by atoms with van der Waals surface area (Å²) in [4.78, 5) is 2.33. The Kier molecular flexibility index (Phi) is 3.93. The Morgan fingerprint density at radius 3 is 2.50 bits per heavy atom. The SMILES string of the molecule is NC1CC(N(CCO)Cc2ccccc2)C1. The third kappa shape index (κ3) is 2.82. The van der Waals surface area contributed by atoms with Crippen LogP contribution in [-0.2, 0) is 6.54 Å². The monoisotopic (exact) mass is 220 g/mol. The van der Waals surface area contributed by atoms with E-state index in [9.17, 15) is 0 Å². The van der Waals surface area contributed by atoms with Crippen LogP contribution in [0.2, 0.25) is 0 Å². The maximum Gasteiger partial charge on any atom is 0.0558 e. The first-order valence-electron chi connectivity index (χ1n) is 5.94. The lowest BCUT2D eigenvalue weighted by molar-refractivity contribution is 0.0819. The van der Waals surface area contributed by atoms with E-state index in [1.807, 2.05) is 6.07 Å². The second-order valence-electron chi connectivity index (χ2n) is 4.56. The Morgan fingerprint density at radius 1 is 1.25 bits per heavy atom. The fraction of sp³-hybridized carbons (Fsp3) is 0.538. The molecule has 88 valence electrons. The molecule has 0 bridgehead atoms. The Labute approximate surface area is 96.9 Å². The van der Waals surface area contributed by atoms with E-state index in [-0.39, 0.29) is 6.61 Å². The van der Waals surface area contributed by atoms with E-state index in [1.165, 1.54) is 5.56 Å². The molecule has 0 aliphatic heterocycles. The molecule has 1 aromatic rings. The van der Waals surface area contributed by atoms with Gasteiger partial charge in [-0.05, 0) is 18.4 Å². The Hall–Kier alpha value is -0.900. The predicted molar refractivity (Wildman–Crippen MR) is 64.9 cm³/mol. The van der Waals surface area contributed by atoms with Crippen LogP contribution in [0.4, 0.5) is 0 Å². The van der Waals surface area contributed by atoms with Crippen LogP contribution in [0.3, 0.4) is 0 Å². The molecule has 1 aliphatic carbocycles. The second kappa shape index (κ2) is 5.43. The lowest BCUT2D eigenvalue weighted by atomic mass is 9.86. The van der Waals surface area contributed by atoms with Crippen molar-refractivity contribution in [3.05, 3.63) is 35.9 Å². The topological polar surface area (TPSA) is 49.5 Å². The van der Waals surface area contributed by atoms with Gasteiger partial charge in [0.25, 0.3) is 0 Å². The van der Waals surface area contributed by atoms with Gasteiger partial charge in [-0.25, -0.2) is 0 Å². The van der Waals surface area contributed by atoms with Gasteiger partial charge in [0.1, 0.15) is 0 Å². The fourth-order valence-electron chi connectivity index (χ4n) is 2.27. The standard InChI is InChI=1S/C13H20N2O/c14-12-8-13(9-12)15(6-7-16)10-11-4-2-1-3-5-11/h1-5,12-13,16H,6-10,14H2. The molecule has 1 aromatic carbocycles.